The molecule has 0 aliphatic carbocycles. The van der Waals surface area contributed by atoms with E-state index in [1.807, 2.05) is 0 Å². The fourth-order valence-corrected chi connectivity index (χ4v) is 2.75. The number of aromatic nitrogens is 1. The highest BCUT2D eigenvalue weighted by molar-refractivity contribution is 5.18. The molecule has 0 radical (unpaired) electrons. The first-order chi connectivity index (χ1) is 8.45. The van der Waals surface area contributed by atoms with E-state index in [2.05, 4.69) is 50.9 Å². The summed E-state index contributed by atoms with van der Waals surface area (Å²) in [6.07, 6.45) is 3.82. The second kappa shape index (κ2) is 5.40. The maximum Gasteiger partial charge on any atom is 0.0460 e. The maximum absolute atomic E-state index is 4.84. The lowest BCUT2D eigenvalue weighted by Gasteiger charge is -2.29. The lowest BCUT2D eigenvalue weighted by atomic mass is 9.90. The summed E-state index contributed by atoms with van der Waals surface area (Å²) in [6.45, 7) is 9.17. The van der Waals surface area contributed by atoms with Crippen molar-refractivity contribution in [3.05, 3.63) is 29.6 Å². The summed E-state index contributed by atoms with van der Waals surface area (Å²) in [5, 5.41) is 0. The Morgan fingerprint density at radius 1 is 1.33 bits per heavy atom. The second-order valence-corrected chi connectivity index (χ2v) is 6.74. The van der Waals surface area contributed by atoms with Gasteiger partial charge in [-0.05, 0) is 50.9 Å². The van der Waals surface area contributed by atoms with Gasteiger partial charge in [0, 0.05) is 23.3 Å². The molecule has 100 valence electrons. The van der Waals surface area contributed by atoms with Gasteiger partial charge in [-0.25, -0.2) is 0 Å². The Kier molecular flexibility index (Phi) is 4.06. The van der Waals surface area contributed by atoms with Crippen LogP contribution in [-0.2, 0) is 11.8 Å². The monoisotopic (exact) mass is 246 g/mol. The van der Waals surface area contributed by atoms with Crippen molar-refractivity contribution in [1.82, 2.24) is 9.88 Å². The Bertz CT molecular complexity index is 392. The van der Waals surface area contributed by atoms with Crippen molar-refractivity contribution in [2.75, 3.05) is 20.1 Å². The van der Waals surface area contributed by atoms with E-state index in [-0.39, 0.29) is 5.41 Å². The van der Waals surface area contributed by atoms with Gasteiger partial charge in [0.2, 0.25) is 0 Å². The van der Waals surface area contributed by atoms with Gasteiger partial charge in [0.05, 0.1) is 0 Å². The largest absolute Gasteiger partial charge is 0.306 e. The lowest BCUT2D eigenvalue weighted by molar-refractivity contribution is 0.208. The molecule has 1 unspecified atom stereocenters. The number of piperidine rings is 1. The fourth-order valence-electron chi connectivity index (χ4n) is 2.75. The molecule has 0 bridgehead atoms. The smallest absolute Gasteiger partial charge is 0.0460 e. The summed E-state index contributed by atoms with van der Waals surface area (Å²) >= 11 is 0. The molecule has 1 aliphatic rings. The molecule has 1 aromatic rings. The molecule has 1 saturated heterocycles. The van der Waals surface area contributed by atoms with Crippen molar-refractivity contribution in [2.45, 2.75) is 45.4 Å². The molecule has 0 amide bonds. The van der Waals surface area contributed by atoms with Crippen LogP contribution >= 0.6 is 0 Å². The number of rotatable bonds is 2. The molecule has 1 atom stereocenters. The third-order valence-corrected chi connectivity index (χ3v) is 3.80. The third kappa shape index (κ3) is 3.55. The average molecular weight is 246 g/mol. The normalized spacial score (nSPS) is 22.1. The topological polar surface area (TPSA) is 16.1 Å². The van der Waals surface area contributed by atoms with Gasteiger partial charge >= 0.3 is 0 Å². The molecule has 1 aromatic heterocycles. The van der Waals surface area contributed by atoms with E-state index in [0.717, 1.165) is 12.3 Å². The summed E-state index contributed by atoms with van der Waals surface area (Å²) in [6, 6.07) is 6.50. The molecule has 0 N–H and O–H groups in total. The Labute approximate surface area is 111 Å². The Balaban J connectivity index is 2.05. The first-order valence-electron chi connectivity index (χ1n) is 7.10. The summed E-state index contributed by atoms with van der Waals surface area (Å²) in [7, 11) is 2.23. The molecule has 18 heavy (non-hydrogen) atoms. The summed E-state index contributed by atoms with van der Waals surface area (Å²) < 4.78 is 0. The molecule has 2 heteroatoms. The molecule has 2 rings (SSSR count). The quantitative estimate of drug-likeness (QED) is 0.796. The number of hydrogen-bond donors (Lipinski definition) is 0. The number of pyridine rings is 1. The zero-order chi connectivity index (χ0) is 13.2. The van der Waals surface area contributed by atoms with E-state index in [1.54, 1.807) is 0 Å². The highest BCUT2D eigenvalue weighted by atomic mass is 15.1. The van der Waals surface area contributed by atoms with Crippen LogP contribution in [0.25, 0.3) is 0 Å². The zero-order valence-corrected chi connectivity index (χ0v) is 12.2. The average Bonchev–Trinajstić information content (AvgIpc) is 2.28. The van der Waals surface area contributed by atoms with Crippen molar-refractivity contribution < 1.29 is 0 Å². The van der Waals surface area contributed by atoms with E-state index in [9.17, 15) is 0 Å². The van der Waals surface area contributed by atoms with Gasteiger partial charge in [0.15, 0.2) is 0 Å². The van der Waals surface area contributed by atoms with Crippen molar-refractivity contribution in [3.8, 4) is 0 Å². The minimum Gasteiger partial charge on any atom is -0.306 e. The van der Waals surface area contributed by atoms with Crippen LogP contribution in [0.3, 0.4) is 0 Å². The van der Waals surface area contributed by atoms with Gasteiger partial charge in [-0.3, -0.25) is 4.98 Å². The van der Waals surface area contributed by atoms with E-state index < -0.39 is 0 Å². The minimum atomic E-state index is 0.152. The summed E-state index contributed by atoms with van der Waals surface area (Å²) in [4.78, 5) is 7.29. The maximum atomic E-state index is 4.84. The lowest BCUT2D eigenvalue weighted by Crippen LogP contribution is -2.33. The SMILES string of the molecule is CN1CCCC(Cc2cccc(C(C)(C)C)n2)C1. The molecular weight excluding hydrogens is 220 g/mol. The van der Waals surface area contributed by atoms with Crippen LogP contribution in [0.5, 0.6) is 0 Å². The molecule has 2 nitrogen and oxygen atoms in total. The Hall–Kier alpha value is -0.890. The molecule has 1 fully saturated rings. The van der Waals surface area contributed by atoms with Gasteiger partial charge in [0.1, 0.15) is 0 Å². The minimum absolute atomic E-state index is 0.152. The highest BCUT2D eigenvalue weighted by Crippen LogP contribution is 2.23. The Morgan fingerprint density at radius 3 is 2.78 bits per heavy atom. The molecule has 0 saturated carbocycles. The van der Waals surface area contributed by atoms with E-state index in [0.29, 0.717) is 0 Å². The van der Waals surface area contributed by atoms with Crippen LogP contribution in [-0.4, -0.2) is 30.0 Å². The highest BCUT2D eigenvalue weighted by Gasteiger charge is 2.19. The summed E-state index contributed by atoms with van der Waals surface area (Å²) in [5.41, 5.74) is 2.63. The number of hydrogen-bond acceptors (Lipinski definition) is 2. The van der Waals surface area contributed by atoms with Crippen molar-refractivity contribution in [2.24, 2.45) is 5.92 Å². The van der Waals surface area contributed by atoms with Crippen LogP contribution in [0.4, 0.5) is 0 Å². The number of nitrogens with zero attached hydrogens (tertiary/aromatic N) is 2. The van der Waals surface area contributed by atoms with Crippen LogP contribution < -0.4 is 0 Å². The third-order valence-electron chi connectivity index (χ3n) is 3.80. The second-order valence-electron chi connectivity index (χ2n) is 6.74. The van der Waals surface area contributed by atoms with Crippen molar-refractivity contribution in [1.29, 1.82) is 0 Å². The van der Waals surface area contributed by atoms with Crippen LogP contribution in [0.2, 0.25) is 0 Å². The predicted octanol–water partition coefficient (Wildman–Crippen LogP) is 3.26. The first-order valence-corrected chi connectivity index (χ1v) is 7.10. The van der Waals surface area contributed by atoms with E-state index >= 15 is 0 Å². The van der Waals surface area contributed by atoms with Crippen LogP contribution in [0, 0.1) is 5.92 Å². The molecule has 0 spiro atoms. The first kappa shape index (κ1) is 13.5. The molecule has 0 aromatic carbocycles. The standard InChI is InChI=1S/C16H26N2/c1-16(2,3)15-9-5-8-14(17-15)11-13-7-6-10-18(4)12-13/h5,8-9,13H,6-7,10-12H2,1-4H3. The van der Waals surface area contributed by atoms with Gasteiger partial charge in [-0.2, -0.15) is 0 Å². The molecule has 1 aliphatic heterocycles. The molecule has 2 heterocycles. The van der Waals surface area contributed by atoms with Crippen molar-refractivity contribution >= 4 is 0 Å². The Morgan fingerprint density at radius 2 is 2.11 bits per heavy atom. The summed E-state index contributed by atoms with van der Waals surface area (Å²) in [5.74, 6) is 0.784. The predicted molar refractivity (Wildman–Crippen MR) is 76.9 cm³/mol. The zero-order valence-electron chi connectivity index (χ0n) is 12.2. The van der Waals surface area contributed by atoms with Gasteiger partial charge in [-0.1, -0.05) is 26.8 Å². The van der Waals surface area contributed by atoms with Gasteiger partial charge in [0.25, 0.3) is 0 Å². The van der Waals surface area contributed by atoms with Crippen molar-refractivity contribution in [3.63, 3.8) is 0 Å². The number of likely N-dealkylation sites (tertiary alicyclic amines) is 1. The van der Waals surface area contributed by atoms with Gasteiger partial charge in [-0.15, -0.1) is 0 Å². The van der Waals surface area contributed by atoms with Crippen LogP contribution in [0.1, 0.15) is 45.0 Å². The van der Waals surface area contributed by atoms with Gasteiger partial charge < -0.3 is 4.90 Å². The van der Waals surface area contributed by atoms with E-state index in [4.69, 9.17) is 4.98 Å². The fraction of sp³-hybridized carbons (Fsp3) is 0.688. The molecular formula is C16H26N2. The van der Waals surface area contributed by atoms with E-state index in [1.165, 1.54) is 37.3 Å². The van der Waals surface area contributed by atoms with Crippen LogP contribution in [0.15, 0.2) is 18.2 Å².